The largest absolute Gasteiger partial charge is 0.497 e. The Kier molecular flexibility index (Phi) is 5.26. The van der Waals surface area contributed by atoms with Crippen molar-refractivity contribution in [1.82, 2.24) is 4.98 Å². The summed E-state index contributed by atoms with van der Waals surface area (Å²) in [4.78, 5) is 16.5. The number of carbonyl (C=O) groups is 1. The van der Waals surface area contributed by atoms with Crippen LogP contribution in [0.4, 0.5) is 11.5 Å². The van der Waals surface area contributed by atoms with Gasteiger partial charge in [-0.05, 0) is 42.0 Å². The molecular formula is C20H19N3O2. The van der Waals surface area contributed by atoms with Crippen molar-refractivity contribution in [3.63, 3.8) is 0 Å². The van der Waals surface area contributed by atoms with Crippen LogP contribution in [0.5, 0.6) is 5.75 Å². The number of anilines is 2. The number of pyridine rings is 1. The van der Waals surface area contributed by atoms with E-state index in [9.17, 15) is 4.79 Å². The SMILES string of the molecule is COc1ccc(C(=O)Nc2ccc(NCc3ccccc3)cn2)cc1. The number of amides is 1. The number of carbonyl (C=O) groups excluding carboxylic acids is 1. The van der Waals surface area contributed by atoms with Gasteiger partial charge in [0.15, 0.2) is 0 Å². The molecule has 0 aliphatic heterocycles. The predicted octanol–water partition coefficient (Wildman–Crippen LogP) is 3.95. The van der Waals surface area contributed by atoms with Gasteiger partial charge >= 0.3 is 0 Å². The summed E-state index contributed by atoms with van der Waals surface area (Å²) in [5.41, 5.74) is 2.64. The van der Waals surface area contributed by atoms with Crippen LogP contribution in [0.25, 0.3) is 0 Å². The summed E-state index contributed by atoms with van der Waals surface area (Å²) in [6, 6.07) is 20.7. The Morgan fingerprint density at radius 1 is 1.00 bits per heavy atom. The number of benzene rings is 2. The zero-order valence-corrected chi connectivity index (χ0v) is 13.9. The van der Waals surface area contributed by atoms with E-state index in [2.05, 4.69) is 27.8 Å². The minimum atomic E-state index is -0.208. The predicted molar refractivity (Wildman–Crippen MR) is 99.0 cm³/mol. The average molecular weight is 333 g/mol. The smallest absolute Gasteiger partial charge is 0.256 e. The highest BCUT2D eigenvalue weighted by Gasteiger charge is 2.07. The number of nitrogens with zero attached hydrogens (tertiary/aromatic N) is 1. The summed E-state index contributed by atoms with van der Waals surface area (Å²) in [6.07, 6.45) is 1.70. The summed E-state index contributed by atoms with van der Waals surface area (Å²) in [7, 11) is 1.59. The molecule has 126 valence electrons. The molecule has 0 aliphatic carbocycles. The van der Waals surface area contributed by atoms with Crippen LogP contribution in [-0.2, 0) is 6.54 Å². The minimum Gasteiger partial charge on any atom is -0.497 e. The van der Waals surface area contributed by atoms with Crippen LogP contribution in [0, 0.1) is 0 Å². The molecule has 0 radical (unpaired) electrons. The first kappa shape index (κ1) is 16.5. The van der Waals surface area contributed by atoms with E-state index in [1.165, 1.54) is 5.56 Å². The van der Waals surface area contributed by atoms with Gasteiger partial charge in [0.1, 0.15) is 11.6 Å². The van der Waals surface area contributed by atoms with E-state index in [0.29, 0.717) is 17.1 Å². The topological polar surface area (TPSA) is 63.2 Å². The van der Waals surface area contributed by atoms with Crippen molar-refractivity contribution >= 4 is 17.4 Å². The van der Waals surface area contributed by atoms with Crippen molar-refractivity contribution < 1.29 is 9.53 Å². The van der Waals surface area contributed by atoms with Gasteiger partial charge in [0, 0.05) is 12.1 Å². The Hall–Kier alpha value is -3.34. The second-order valence-electron chi connectivity index (χ2n) is 5.45. The Morgan fingerprint density at radius 3 is 2.40 bits per heavy atom. The fourth-order valence-corrected chi connectivity index (χ4v) is 2.30. The van der Waals surface area contributed by atoms with Crippen LogP contribution in [-0.4, -0.2) is 18.0 Å². The number of hydrogen-bond donors (Lipinski definition) is 2. The molecule has 0 bridgehead atoms. The molecule has 5 heteroatoms. The quantitative estimate of drug-likeness (QED) is 0.717. The minimum absolute atomic E-state index is 0.208. The van der Waals surface area contributed by atoms with Crippen molar-refractivity contribution in [2.24, 2.45) is 0 Å². The van der Waals surface area contributed by atoms with Crippen LogP contribution < -0.4 is 15.4 Å². The van der Waals surface area contributed by atoms with Crippen molar-refractivity contribution in [3.05, 3.63) is 84.1 Å². The van der Waals surface area contributed by atoms with E-state index < -0.39 is 0 Å². The molecule has 5 nitrogen and oxygen atoms in total. The molecule has 0 atom stereocenters. The number of aromatic nitrogens is 1. The molecule has 1 heterocycles. The monoisotopic (exact) mass is 333 g/mol. The molecule has 0 aliphatic rings. The number of rotatable bonds is 6. The summed E-state index contributed by atoms with van der Waals surface area (Å²) < 4.78 is 5.08. The van der Waals surface area contributed by atoms with E-state index in [0.717, 1.165) is 12.2 Å². The molecule has 25 heavy (non-hydrogen) atoms. The molecule has 3 aromatic rings. The molecule has 0 spiro atoms. The highest BCUT2D eigenvalue weighted by molar-refractivity contribution is 6.03. The highest BCUT2D eigenvalue weighted by Crippen LogP contribution is 2.14. The molecular weight excluding hydrogens is 314 g/mol. The van der Waals surface area contributed by atoms with E-state index in [-0.39, 0.29) is 5.91 Å². The third kappa shape index (κ3) is 4.57. The second kappa shape index (κ2) is 7.97. The Labute approximate surface area is 146 Å². The van der Waals surface area contributed by atoms with E-state index >= 15 is 0 Å². The van der Waals surface area contributed by atoms with Crippen LogP contribution in [0.2, 0.25) is 0 Å². The van der Waals surface area contributed by atoms with Gasteiger partial charge in [-0.25, -0.2) is 4.98 Å². The van der Waals surface area contributed by atoms with E-state index in [4.69, 9.17) is 4.74 Å². The molecule has 2 aromatic carbocycles. The molecule has 3 rings (SSSR count). The first-order chi connectivity index (χ1) is 12.2. The highest BCUT2D eigenvalue weighted by atomic mass is 16.5. The average Bonchev–Trinajstić information content (AvgIpc) is 2.68. The van der Waals surface area contributed by atoms with Gasteiger partial charge in [0.2, 0.25) is 0 Å². The fourth-order valence-electron chi connectivity index (χ4n) is 2.30. The Morgan fingerprint density at radius 2 is 1.76 bits per heavy atom. The lowest BCUT2D eigenvalue weighted by atomic mass is 10.2. The molecule has 1 aromatic heterocycles. The normalized spacial score (nSPS) is 10.1. The fraction of sp³-hybridized carbons (Fsp3) is 0.100. The zero-order valence-electron chi connectivity index (χ0n) is 13.9. The molecule has 1 amide bonds. The van der Waals surface area contributed by atoms with Gasteiger partial charge in [-0.3, -0.25) is 4.79 Å². The number of nitrogens with one attached hydrogen (secondary N) is 2. The maximum absolute atomic E-state index is 12.2. The first-order valence-corrected chi connectivity index (χ1v) is 7.94. The van der Waals surface area contributed by atoms with Crippen molar-refractivity contribution in [1.29, 1.82) is 0 Å². The summed E-state index contributed by atoms with van der Waals surface area (Å²) in [5, 5.41) is 6.07. The van der Waals surface area contributed by atoms with Crippen LogP contribution >= 0.6 is 0 Å². The summed E-state index contributed by atoms with van der Waals surface area (Å²) in [5.74, 6) is 1.01. The molecule has 0 fully saturated rings. The Balaban J connectivity index is 1.57. The van der Waals surface area contributed by atoms with E-state index in [1.807, 2.05) is 24.3 Å². The Bertz CT molecular complexity index is 816. The lowest BCUT2D eigenvalue weighted by Crippen LogP contribution is -2.12. The molecule has 0 saturated carbocycles. The van der Waals surface area contributed by atoms with E-state index in [1.54, 1.807) is 43.6 Å². The maximum atomic E-state index is 12.2. The lowest BCUT2D eigenvalue weighted by molar-refractivity contribution is 0.102. The van der Waals surface area contributed by atoms with Gasteiger partial charge in [-0.15, -0.1) is 0 Å². The third-order valence-corrected chi connectivity index (χ3v) is 3.70. The van der Waals surface area contributed by atoms with Crippen molar-refractivity contribution in [2.75, 3.05) is 17.7 Å². The van der Waals surface area contributed by atoms with Gasteiger partial charge in [-0.2, -0.15) is 0 Å². The summed E-state index contributed by atoms with van der Waals surface area (Å²) in [6.45, 7) is 0.722. The number of methoxy groups -OCH3 is 1. The molecule has 0 saturated heterocycles. The van der Waals surface area contributed by atoms with Crippen LogP contribution in [0.15, 0.2) is 72.9 Å². The van der Waals surface area contributed by atoms with Crippen LogP contribution in [0.1, 0.15) is 15.9 Å². The second-order valence-corrected chi connectivity index (χ2v) is 5.45. The zero-order chi connectivity index (χ0) is 17.5. The number of hydrogen-bond acceptors (Lipinski definition) is 4. The maximum Gasteiger partial charge on any atom is 0.256 e. The van der Waals surface area contributed by atoms with Crippen LogP contribution in [0.3, 0.4) is 0 Å². The van der Waals surface area contributed by atoms with Gasteiger partial charge < -0.3 is 15.4 Å². The molecule has 0 unspecified atom stereocenters. The van der Waals surface area contributed by atoms with Gasteiger partial charge in [0.25, 0.3) is 5.91 Å². The van der Waals surface area contributed by atoms with Gasteiger partial charge in [0.05, 0.1) is 19.0 Å². The summed E-state index contributed by atoms with van der Waals surface area (Å²) >= 11 is 0. The van der Waals surface area contributed by atoms with Gasteiger partial charge in [-0.1, -0.05) is 30.3 Å². The lowest BCUT2D eigenvalue weighted by Gasteiger charge is -2.08. The first-order valence-electron chi connectivity index (χ1n) is 7.94. The number of ether oxygens (including phenoxy) is 1. The standard InChI is InChI=1S/C20H19N3O2/c1-25-18-10-7-16(8-11-18)20(24)23-19-12-9-17(14-22-19)21-13-15-5-3-2-4-6-15/h2-12,14,21H,13H2,1H3,(H,22,23,24). The van der Waals surface area contributed by atoms with Crippen molar-refractivity contribution in [3.8, 4) is 5.75 Å². The van der Waals surface area contributed by atoms with Crippen molar-refractivity contribution in [2.45, 2.75) is 6.54 Å². The third-order valence-electron chi connectivity index (χ3n) is 3.70. The molecule has 2 N–H and O–H groups in total.